The Hall–Kier alpha value is -0.752. The summed E-state index contributed by atoms with van der Waals surface area (Å²) in [6, 6.07) is 0. The predicted molar refractivity (Wildman–Crippen MR) is 48.5 cm³/mol. The summed E-state index contributed by atoms with van der Waals surface area (Å²) in [6.07, 6.45) is 14.6. The Kier molecular flexibility index (Phi) is 3.04. The van der Waals surface area contributed by atoms with Crippen molar-refractivity contribution < 1.29 is 18.2 Å². The van der Waals surface area contributed by atoms with Gasteiger partial charge in [0.15, 0.2) is 0 Å². The van der Waals surface area contributed by atoms with Crippen molar-refractivity contribution in [3.8, 4) is 0 Å². The molecule has 0 radical (unpaired) electrons. The number of allylic oxidation sites excluding steroid dienone is 6. The third-order valence-corrected chi connectivity index (χ3v) is 4.09. The van der Waals surface area contributed by atoms with Crippen LogP contribution >= 0.6 is 0 Å². The van der Waals surface area contributed by atoms with Gasteiger partial charge >= 0.3 is 85.9 Å². The van der Waals surface area contributed by atoms with Crippen LogP contribution < -0.4 is 0 Å². The van der Waals surface area contributed by atoms with Crippen molar-refractivity contribution in [1.82, 2.24) is 0 Å². The molecule has 0 saturated heterocycles. The van der Waals surface area contributed by atoms with E-state index in [1.54, 1.807) is 0 Å². The Balaban J connectivity index is 1.96. The van der Waals surface area contributed by atoms with Crippen molar-refractivity contribution in [1.29, 1.82) is 0 Å². The SMILES string of the molecule is C1=CCC([N]=[W]=[N]C2=CC=CC2)=C1. The summed E-state index contributed by atoms with van der Waals surface area (Å²) in [4.78, 5) is 0. The zero-order chi connectivity index (χ0) is 8.93. The van der Waals surface area contributed by atoms with Crippen LogP contribution in [0.5, 0.6) is 0 Å². The molecule has 0 spiro atoms. The van der Waals surface area contributed by atoms with E-state index in [2.05, 4.69) is 43.4 Å². The second-order valence-electron chi connectivity index (χ2n) is 2.84. The Bertz CT molecular complexity index is 346. The molecule has 0 amide bonds. The van der Waals surface area contributed by atoms with Crippen molar-refractivity contribution >= 4 is 0 Å². The van der Waals surface area contributed by atoms with Crippen LogP contribution in [0, 0.1) is 0 Å². The van der Waals surface area contributed by atoms with Crippen molar-refractivity contribution in [3.63, 3.8) is 0 Å². The Labute approximate surface area is 86.0 Å². The van der Waals surface area contributed by atoms with Gasteiger partial charge in [0.25, 0.3) is 0 Å². The molecule has 0 atom stereocenters. The average Bonchev–Trinajstić information content (AvgIpc) is 2.75. The molecule has 3 heteroatoms. The van der Waals surface area contributed by atoms with Crippen LogP contribution in [0.2, 0.25) is 0 Å². The van der Waals surface area contributed by atoms with Crippen LogP contribution in [-0.2, 0) is 18.2 Å². The van der Waals surface area contributed by atoms with Gasteiger partial charge in [0.05, 0.1) is 0 Å². The van der Waals surface area contributed by atoms with Gasteiger partial charge in [0.2, 0.25) is 0 Å². The van der Waals surface area contributed by atoms with E-state index in [0.29, 0.717) is 0 Å². The molecule has 2 aliphatic rings. The number of hydrogen-bond acceptors (Lipinski definition) is 2. The third-order valence-electron chi connectivity index (χ3n) is 1.82. The molecule has 0 N–H and O–H groups in total. The minimum absolute atomic E-state index is 0.851. The molecule has 0 aromatic carbocycles. The summed E-state index contributed by atoms with van der Waals surface area (Å²) in [5.41, 5.74) is 2.42. The number of hydrogen-bond donors (Lipinski definition) is 0. The van der Waals surface area contributed by atoms with Gasteiger partial charge in [-0.1, -0.05) is 0 Å². The Morgan fingerprint density at radius 2 is 1.46 bits per heavy atom. The zero-order valence-electron chi connectivity index (χ0n) is 7.18. The predicted octanol–water partition coefficient (Wildman–Crippen LogP) is 3.12. The molecule has 2 rings (SSSR count). The Morgan fingerprint density at radius 1 is 0.923 bits per heavy atom. The van der Waals surface area contributed by atoms with E-state index in [4.69, 9.17) is 0 Å². The van der Waals surface area contributed by atoms with Gasteiger partial charge in [-0.25, -0.2) is 0 Å². The molecule has 0 aliphatic heterocycles. The van der Waals surface area contributed by atoms with E-state index >= 15 is 0 Å². The molecular weight excluding hydrogens is 332 g/mol. The van der Waals surface area contributed by atoms with Crippen molar-refractivity contribution in [3.05, 3.63) is 47.9 Å². The fraction of sp³-hybridized carbons (Fsp3) is 0.200. The summed E-state index contributed by atoms with van der Waals surface area (Å²) in [7, 11) is 0. The molecule has 0 fully saturated rings. The molecule has 0 aromatic rings. The van der Waals surface area contributed by atoms with Crippen molar-refractivity contribution in [2.24, 2.45) is 6.99 Å². The van der Waals surface area contributed by atoms with E-state index in [9.17, 15) is 0 Å². The molecule has 2 nitrogen and oxygen atoms in total. The van der Waals surface area contributed by atoms with Gasteiger partial charge in [-0.2, -0.15) is 0 Å². The zero-order valence-corrected chi connectivity index (χ0v) is 10.1. The molecule has 0 saturated carbocycles. The first-order valence-corrected chi connectivity index (χ1v) is 6.87. The summed E-state index contributed by atoms with van der Waals surface area (Å²) in [5.74, 6) is 0. The van der Waals surface area contributed by atoms with Crippen LogP contribution in [0.1, 0.15) is 12.8 Å². The average molecular weight is 342 g/mol. The van der Waals surface area contributed by atoms with Crippen molar-refractivity contribution in [2.75, 3.05) is 0 Å². The van der Waals surface area contributed by atoms with E-state index in [0.717, 1.165) is 12.8 Å². The van der Waals surface area contributed by atoms with E-state index in [1.807, 2.05) is 0 Å². The first-order chi connectivity index (χ1) is 6.45. The van der Waals surface area contributed by atoms with E-state index < -0.39 is 18.2 Å². The quantitative estimate of drug-likeness (QED) is 0.737. The fourth-order valence-corrected chi connectivity index (χ4v) is 3.01. The minimum atomic E-state index is -0.851. The van der Waals surface area contributed by atoms with Gasteiger partial charge in [0, 0.05) is 0 Å². The molecule has 0 heterocycles. The summed E-state index contributed by atoms with van der Waals surface area (Å²) >= 11 is -0.851. The Morgan fingerprint density at radius 3 is 1.85 bits per heavy atom. The molecule has 66 valence electrons. The first kappa shape index (κ1) is 8.83. The van der Waals surface area contributed by atoms with Gasteiger partial charge in [-0.05, 0) is 0 Å². The van der Waals surface area contributed by atoms with Gasteiger partial charge in [-0.3, -0.25) is 0 Å². The second kappa shape index (κ2) is 4.47. The molecule has 2 aliphatic carbocycles. The van der Waals surface area contributed by atoms with Crippen LogP contribution in [0.25, 0.3) is 0 Å². The summed E-state index contributed by atoms with van der Waals surface area (Å²) in [6.45, 7) is 0. The molecule has 0 bridgehead atoms. The fourth-order valence-electron chi connectivity index (χ4n) is 1.13. The molecule has 13 heavy (non-hydrogen) atoms. The van der Waals surface area contributed by atoms with E-state index in [1.165, 1.54) is 11.4 Å². The van der Waals surface area contributed by atoms with Gasteiger partial charge in [-0.15, -0.1) is 0 Å². The summed E-state index contributed by atoms with van der Waals surface area (Å²) in [5, 5.41) is 0. The van der Waals surface area contributed by atoms with Crippen LogP contribution in [0.4, 0.5) is 0 Å². The van der Waals surface area contributed by atoms with Crippen molar-refractivity contribution in [2.45, 2.75) is 12.8 Å². The van der Waals surface area contributed by atoms with Gasteiger partial charge < -0.3 is 0 Å². The normalized spacial score (nSPS) is 18.5. The molecule has 0 unspecified atom stereocenters. The van der Waals surface area contributed by atoms with Gasteiger partial charge in [0.1, 0.15) is 0 Å². The molecular formula is C10H10N2W. The third kappa shape index (κ3) is 2.60. The van der Waals surface area contributed by atoms with Crippen LogP contribution in [0.3, 0.4) is 0 Å². The standard InChI is InChI=1S/2C5H5N.W/c2*6-5-3-1-2-4-5;/h2*1-3H,4H2;. The van der Waals surface area contributed by atoms with Crippen LogP contribution in [-0.4, -0.2) is 0 Å². The number of rotatable bonds is 2. The number of nitrogens with zero attached hydrogens (tertiary/aromatic N) is 2. The maximum atomic E-state index is 4.52. The topological polar surface area (TPSA) is 24.7 Å². The van der Waals surface area contributed by atoms with E-state index in [-0.39, 0.29) is 0 Å². The summed E-state index contributed by atoms with van der Waals surface area (Å²) < 4.78 is 9.03. The maximum absolute atomic E-state index is 4.52. The second-order valence-corrected chi connectivity index (χ2v) is 4.74. The molecule has 0 aromatic heterocycles. The first-order valence-electron chi connectivity index (χ1n) is 4.25. The monoisotopic (exact) mass is 342 g/mol. The van der Waals surface area contributed by atoms with Crippen LogP contribution in [0.15, 0.2) is 54.8 Å².